The van der Waals surface area contributed by atoms with Gasteiger partial charge in [0.05, 0.1) is 6.61 Å². The summed E-state index contributed by atoms with van der Waals surface area (Å²) in [6, 6.07) is 8.75. The molecule has 1 aliphatic carbocycles. The summed E-state index contributed by atoms with van der Waals surface area (Å²) in [7, 11) is 0. The van der Waals surface area contributed by atoms with Crippen LogP contribution in [0.15, 0.2) is 24.3 Å². The molecular weight excluding hydrogens is 222 g/mol. The smallest absolute Gasteiger partial charge is 0.0515 e. The summed E-state index contributed by atoms with van der Waals surface area (Å²) in [4.78, 5) is 0. The van der Waals surface area contributed by atoms with Gasteiger partial charge in [-0.15, -0.1) is 0 Å². The standard InChI is InChI=1S/C16H23NO/c1-12-8-9-16(17,13-5-4-10-18-11-13)15-7-3-2-6-14(12)15/h2-3,6-7,12-13H,4-5,8-11,17H2,1H3. The van der Waals surface area contributed by atoms with Gasteiger partial charge in [0, 0.05) is 18.1 Å². The Morgan fingerprint density at radius 3 is 2.89 bits per heavy atom. The fourth-order valence-electron chi connectivity index (χ4n) is 3.67. The van der Waals surface area contributed by atoms with Crippen molar-refractivity contribution in [3.8, 4) is 0 Å². The van der Waals surface area contributed by atoms with E-state index in [-0.39, 0.29) is 5.54 Å². The lowest BCUT2D eigenvalue weighted by Gasteiger charge is -2.45. The lowest BCUT2D eigenvalue weighted by molar-refractivity contribution is 0.0143. The summed E-state index contributed by atoms with van der Waals surface area (Å²) in [5, 5.41) is 0. The van der Waals surface area contributed by atoms with Crippen molar-refractivity contribution in [1.29, 1.82) is 0 Å². The van der Waals surface area contributed by atoms with Gasteiger partial charge in [0.1, 0.15) is 0 Å². The van der Waals surface area contributed by atoms with Crippen LogP contribution in [0, 0.1) is 5.92 Å². The van der Waals surface area contributed by atoms with Crippen LogP contribution in [-0.2, 0) is 10.3 Å². The number of benzene rings is 1. The lowest BCUT2D eigenvalue weighted by Crippen LogP contribution is -2.49. The summed E-state index contributed by atoms with van der Waals surface area (Å²) < 4.78 is 5.66. The van der Waals surface area contributed by atoms with E-state index >= 15 is 0 Å². The van der Waals surface area contributed by atoms with Crippen molar-refractivity contribution < 1.29 is 4.74 Å². The van der Waals surface area contributed by atoms with Gasteiger partial charge in [-0.1, -0.05) is 31.2 Å². The molecule has 3 atom stereocenters. The highest BCUT2D eigenvalue weighted by Crippen LogP contribution is 2.45. The Morgan fingerprint density at radius 1 is 1.28 bits per heavy atom. The Labute approximate surface area is 110 Å². The molecule has 1 fully saturated rings. The Hall–Kier alpha value is -0.860. The van der Waals surface area contributed by atoms with Crippen LogP contribution in [0.3, 0.4) is 0 Å². The molecule has 98 valence electrons. The maximum Gasteiger partial charge on any atom is 0.0515 e. The number of fused-ring (bicyclic) bond motifs is 1. The minimum atomic E-state index is -0.163. The average molecular weight is 245 g/mol. The molecular formula is C16H23NO. The molecule has 0 bridgehead atoms. The molecule has 0 spiro atoms. The van der Waals surface area contributed by atoms with E-state index in [0.717, 1.165) is 26.1 Å². The highest BCUT2D eigenvalue weighted by molar-refractivity contribution is 5.39. The van der Waals surface area contributed by atoms with Gasteiger partial charge in [0.25, 0.3) is 0 Å². The molecule has 2 heteroatoms. The number of hydrogen-bond acceptors (Lipinski definition) is 2. The van der Waals surface area contributed by atoms with E-state index < -0.39 is 0 Å². The predicted octanol–water partition coefficient (Wildman–Crippen LogP) is 3.16. The van der Waals surface area contributed by atoms with Gasteiger partial charge < -0.3 is 10.5 Å². The third-order valence-corrected chi connectivity index (χ3v) is 4.87. The predicted molar refractivity (Wildman–Crippen MR) is 73.5 cm³/mol. The van der Waals surface area contributed by atoms with E-state index in [4.69, 9.17) is 10.5 Å². The van der Waals surface area contributed by atoms with Gasteiger partial charge in [-0.2, -0.15) is 0 Å². The zero-order valence-electron chi connectivity index (χ0n) is 11.2. The van der Waals surface area contributed by atoms with E-state index in [2.05, 4.69) is 31.2 Å². The first-order valence-electron chi connectivity index (χ1n) is 7.18. The first-order chi connectivity index (χ1) is 8.72. The van der Waals surface area contributed by atoms with Crippen molar-refractivity contribution in [3.63, 3.8) is 0 Å². The summed E-state index contributed by atoms with van der Waals surface area (Å²) in [5.74, 6) is 1.13. The Kier molecular flexibility index (Phi) is 3.16. The van der Waals surface area contributed by atoms with Gasteiger partial charge in [0.2, 0.25) is 0 Å². The normalized spacial score (nSPS) is 36.1. The van der Waals surface area contributed by atoms with Crippen molar-refractivity contribution >= 4 is 0 Å². The van der Waals surface area contributed by atoms with Gasteiger partial charge in [-0.05, 0) is 42.7 Å². The molecule has 2 aliphatic rings. The molecule has 0 radical (unpaired) electrons. The van der Waals surface area contributed by atoms with Crippen LogP contribution in [0.4, 0.5) is 0 Å². The molecule has 2 N–H and O–H groups in total. The Balaban J connectivity index is 1.99. The highest BCUT2D eigenvalue weighted by atomic mass is 16.5. The molecule has 18 heavy (non-hydrogen) atoms. The maximum absolute atomic E-state index is 6.83. The molecule has 1 saturated heterocycles. The van der Waals surface area contributed by atoms with Crippen LogP contribution in [0.1, 0.15) is 49.7 Å². The second-order valence-electron chi connectivity index (χ2n) is 5.98. The Bertz CT molecular complexity index is 425. The van der Waals surface area contributed by atoms with Crippen molar-refractivity contribution in [2.75, 3.05) is 13.2 Å². The van der Waals surface area contributed by atoms with Crippen LogP contribution in [0.25, 0.3) is 0 Å². The second kappa shape index (κ2) is 4.67. The lowest BCUT2D eigenvalue weighted by atomic mass is 9.66. The SMILES string of the molecule is CC1CCC(N)(C2CCCOC2)c2ccccc21. The number of nitrogens with two attached hydrogens (primary N) is 1. The topological polar surface area (TPSA) is 35.2 Å². The van der Waals surface area contributed by atoms with Crippen LogP contribution < -0.4 is 5.73 Å². The average Bonchev–Trinajstić information content (AvgIpc) is 2.44. The molecule has 3 unspecified atom stereocenters. The number of ether oxygens (including phenoxy) is 1. The molecule has 1 aliphatic heterocycles. The van der Waals surface area contributed by atoms with Crippen molar-refractivity contribution in [3.05, 3.63) is 35.4 Å². The van der Waals surface area contributed by atoms with Crippen molar-refractivity contribution in [2.24, 2.45) is 11.7 Å². The quantitative estimate of drug-likeness (QED) is 0.825. The molecule has 3 rings (SSSR count). The zero-order chi connectivity index (χ0) is 12.6. The van der Waals surface area contributed by atoms with E-state index in [1.54, 1.807) is 0 Å². The number of rotatable bonds is 1. The monoisotopic (exact) mass is 245 g/mol. The molecule has 0 amide bonds. The van der Waals surface area contributed by atoms with Crippen molar-refractivity contribution in [2.45, 2.75) is 44.1 Å². The summed E-state index contributed by atoms with van der Waals surface area (Å²) in [6.45, 7) is 4.06. The second-order valence-corrected chi connectivity index (χ2v) is 5.98. The third-order valence-electron chi connectivity index (χ3n) is 4.87. The van der Waals surface area contributed by atoms with Gasteiger partial charge in [0.15, 0.2) is 0 Å². The van der Waals surface area contributed by atoms with Gasteiger partial charge in [-0.3, -0.25) is 0 Å². The van der Waals surface area contributed by atoms with E-state index in [9.17, 15) is 0 Å². The largest absolute Gasteiger partial charge is 0.381 e. The minimum absolute atomic E-state index is 0.163. The molecule has 0 saturated carbocycles. The van der Waals surface area contributed by atoms with Crippen LogP contribution in [0.5, 0.6) is 0 Å². The van der Waals surface area contributed by atoms with Gasteiger partial charge >= 0.3 is 0 Å². The fraction of sp³-hybridized carbons (Fsp3) is 0.625. The summed E-state index contributed by atoms with van der Waals surface area (Å²) >= 11 is 0. The van der Waals surface area contributed by atoms with E-state index in [1.165, 1.54) is 24.0 Å². The van der Waals surface area contributed by atoms with Gasteiger partial charge in [-0.25, -0.2) is 0 Å². The molecule has 1 heterocycles. The highest BCUT2D eigenvalue weighted by Gasteiger charge is 2.42. The fourth-order valence-corrected chi connectivity index (χ4v) is 3.67. The molecule has 0 aromatic heterocycles. The number of hydrogen-bond donors (Lipinski definition) is 1. The van der Waals surface area contributed by atoms with Crippen LogP contribution in [0.2, 0.25) is 0 Å². The first-order valence-corrected chi connectivity index (χ1v) is 7.18. The Morgan fingerprint density at radius 2 is 2.11 bits per heavy atom. The molecule has 1 aromatic carbocycles. The van der Waals surface area contributed by atoms with E-state index in [1.807, 2.05) is 0 Å². The molecule has 1 aromatic rings. The van der Waals surface area contributed by atoms with Crippen LogP contribution >= 0.6 is 0 Å². The third kappa shape index (κ3) is 1.88. The summed E-state index contributed by atoms with van der Waals surface area (Å²) in [6.07, 6.45) is 4.66. The summed E-state index contributed by atoms with van der Waals surface area (Å²) in [5.41, 5.74) is 9.49. The van der Waals surface area contributed by atoms with Crippen molar-refractivity contribution in [1.82, 2.24) is 0 Å². The zero-order valence-corrected chi connectivity index (χ0v) is 11.2. The molecule has 2 nitrogen and oxygen atoms in total. The minimum Gasteiger partial charge on any atom is -0.381 e. The van der Waals surface area contributed by atoms with E-state index in [0.29, 0.717) is 11.8 Å². The first kappa shape index (κ1) is 12.2. The maximum atomic E-state index is 6.83. The van der Waals surface area contributed by atoms with Crippen LogP contribution in [-0.4, -0.2) is 13.2 Å².